The number of benzene rings is 1. The first-order chi connectivity index (χ1) is 8.70. The second-order valence-electron chi connectivity index (χ2n) is 4.94. The number of aryl methyl sites for hydroxylation is 1. The third-order valence-electron chi connectivity index (χ3n) is 3.54. The molecule has 0 aliphatic heterocycles. The van der Waals surface area contributed by atoms with Gasteiger partial charge < -0.3 is 10.5 Å². The van der Waals surface area contributed by atoms with Crippen molar-refractivity contribution in [2.45, 2.75) is 51.2 Å². The molecule has 0 saturated carbocycles. The van der Waals surface area contributed by atoms with E-state index in [1.54, 1.807) is 0 Å². The summed E-state index contributed by atoms with van der Waals surface area (Å²) in [4.78, 5) is 11.8. The normalized spacial score (nSPS) is 20.0. The summed E-state index contributed by atoms with van der Waals surface area (Å²) in [5, 5.41) is 0. The lowest BCUT2D eigenvalue weighted by Gasteiger charge is -2.25. The number of hydrogen-bond acceptors (Lipinski definition) is 3. The van der Waals surface area contributed by atoms with Crippen LogP contribution in [0.25, 0.3) is 0 Å². The summed E-state index contributed by atoms with van der Waals surface area (Å²) < 4.78 is 5.57. The van der Waals surface area contributed by atoms with Crippen LogP contribution in [0.2, 0.25) is 0 Å². The lowest BCUT2D eigenvalue weighted by Crippen LogP contribution is -2.25. The molecule has 0 saturated heterocycles. The SMILES string of the molecule is CCC(N)CC(=O)OC1CCCc2ccccc21. The van der Waals surface area contributed by atoms with Gasteiger partial charge in [0, 0.05) is 6.04 Å². The molecule has 3 heteroatoms. The van der Waals surface area contributed by atoms with Crippen molar-refractivity contribution >= 4 is 5.97 Å². The Balaban J connectivity index is 2.01. The minimum atomic E-state index is -0.175. The Morgan fingerprint density at radius 3 is 3.06 bits per heavy atom. The Kier molecular flexibility index (Phi) is 4.37. The zero-order valence-electron chi connectivity index (χ0n) is 10.9. The van der Waals surface area contributed by atoms with Crippen molar-refractivity contribution in [3.05, 3.63) is 35.4 Å². The van der Waals surface area contributed by atoms with E-state index in [1.165, 1.54) is 11.1 Å². The Labute approximate surface area is 108 Å². The van der Waals surface area contributed by atoms with Gasteiger partial charge in [-0.1, -0.05) is 31.2 Å². The zero-order chi connectivity index (χ0) is 13.0. The summed E-state index contributed by atoms with van der Waals surface area (Å²) in [5.41, 5.74) is 8.25. The van der Waals surface area contributed by atoms with E-state index in [4.69, 9.17) is 10.5 Å². The van der Waals surface area contributed by atoms with Gasteiger partial charge in [0.15, 0.2) is 0 Å². The van der Waals surface area contributed by atoms with Gasteiger partial charge >= 0.3 is 5.97 Å². The van der Waals surface area contributed by atoms with Crippen molar-refractivity contribution in [1.29, 1.82) is 0 Å². The van der Waals surface area contributed by atoms with Crippen molar-refractivity contribution in [1.82, 2.24) is 0 Å². The van der Waals surface area contributed by atoms with Crippen molar-refractivity contribution in [3.8, 4) is 0 Å². The van der Waals surface area contributed by atoms with Gasteiger partial charge in [-0.15, -0.1) is 0 Å². The number of fused-ring (bicyclic) bond motifs is 1. The predicted molar refractivity (Wildman–Crippen MR) is 71.1 cm³/mol. The summed E-state index contributed by atoms with van der Waals surface area (Å²) in [6.07, 6.45) is 4.12. The molecule has 18 heavy (non-hydrogen) atoms. The van der Waals surface area contributed by atoms with E-state index in [2.05, 4.69) is 12.1 Å². The monoisotopic (exact) mass is 247 g/mol. The molecule has 2 atom stereocenters. The Hall–Kier alpha value is -1.35. The van der Waals surface area contributed by atoms with Gasteiger partial charge in [0.1, 0.15) is 6.10 Å². The molecule has 1 aromatic carbocycles. The van der Waals surface area contributed by atoms with Gasteiger partial charge in [-0.2, -0.15) is 0 Å². The zero-order valence-corrected chi connectivity index (χ0v) is 10.9. The highest BCUT2D eigenvalue weighted by atomic mass is 16.5. The maximum absolute atomic E-state index is 11.8. The van der Waals surface area contributed by atoms with Gasteiger partial charge in [-0.05, 0) is 36.8 Å². The molecule has 1 aliphatic rings. The lowest BCUT2D eigenvalue weighted by atomic mass is 9.89. The van der Waals surface area contributed by atoms with Crippen LogP contribution in [0.3, 0.4) is 0 Å². The number of esters is 1. The highest BCUT2D eigenvalue weighted by Crippen LogP contribution is 2.32. The minimum Gasteiger partial charge on any atom is -0.457 e. The number of carbonyl (C=O) groups excluding carboxylic acids is 1. The summed E-state index contributed by atoms with van der Waals surface area (Å²) in [5.74, 6) is -0.175. The lowest BCUT2D eigenvalue weighted by molar-refractivity contribution is -0.150. The molecule has 0 radical (unpaired) electrons. The van der Waals surface area contributed by atoms with Crippen LogP contribution in [-0.2, 0) is 16.0 Å². The maximum atomic E-state index is 11.8. The number of hydrogen-bond donors (Lipinski definition) is 1. The molecule has 98 valence electrons. The van der Waals surface area contributed by atoms with Crippen LogP contribution >= 0.6 is 0 Å². The second-order valence-corrected chi connectivity index (χ2v) is 4.94. The van der Waals surface area contributed by atoms with E-state index in [9.17, 15) is 4.79 Å². The first-order valence-corrected chi connectivity index (χ1v) is 6.73. The van der Waals surface area contributed by atoms with Gasteiger partial charge in [0.05, 0.1) is 6.42 Å². The van der Waals surface area contributed by atoms with E-state index in [0.717, 1.165) is 25.7 Å². The van der Waals surface area contributed by atoms with Crippen LogP contribution in [0, 0.1) is 0 Å². The standard InChI is InChI=1S/C15H21NO2/c1-2-12(16)10-15(17)18-14-9-5-7-11-6-3-4-8-13(11)14/h3-4,6,8,12,14H,2,5,7,9-10,16H2,1H3. The Bertz CT molecular complexity index is 417. The highest BCUT2D eigenvalue weighted by molar-refractivity contribution is 5.70. The quantitative estimate of drug-likeness (QED) is 0.832. The predicted octanol–water partition coefficient (Wildman–Crippen LogP) is 2.73. The summed E-state index contributed by atoms with van der Waals surface area (Å²) in [6.45, 7) is 1.98. The molecule has 2 N–H and O–H groups in total. The first kappa shape index (κ1) is 13.1. The van der Waals surface area contributed by atoms with Gasteiger partial charge in [-0.3, -0.25) is 4.79 Å². The topological polar surface area (TPSA) is 52.3 Å². The van der Waals surface area contributed by atoms with E-state index in [-0.39, 0.29) is 18.1 Å². The van der Waals surface area contributed by atoms with Gasteiger partial charge in [0.2, 0.25) is 0 Å². The van der Waals surface area contributed by atoms with E-state index in [0.29, 0.717) is 6.42 Å². The Morgan fingerprint density at radius 1 is 1.50 bits per heavy atom. The van der Waals surface area contributed by atoms with Crippen LogP contribution in [-0.4, -0.2) is 12.0 Å². The largest absolute Gasteiger partial charge is 0.457 e. The van der Waals surface area contributed by atoms with Gasteiger partial charge in [0.25, 0.3) is 0 Å². The summed E-state index contributed by atoms with van der Waals surface area (Å²) in [6, 6.07) is 8.13. The molecule has 0 aromatic heterocycles. The number of rotatable bonds is 4. The Morgan fingerprint density at radius 2 is 2.28 bits per heavy atom. The van der Waals surface area contributed by atoms with Crippen molar-refractivity contribution in [3.63, 3.8) is 0 Å². The fourth-order valence-electron chi connectivity index (χ4n) is 2.40. The average Bonchev–Trinajstić information content (AvgIpc) is 2.39. The summed E-state index contributed by atoms with van der Waals surface area (Å²) in [7, 11) is 0. The van der Waals surface area contributed by atoms with Crippen LogP contribution in [0.15, 0.2) is 24.3 Å². The van der Waals surface area contributed by atoms with E-state index >= 15 is 0 Å². The average molecular weight is 247 g/mol. The smallest absolute Gasteiger partial charge is 0.307 e. The maximum Gasteiger partial charge on any atom is 0.307 e. The van der Waals surface area contributed by atoms with Crippen LogP contribution in [0.5, 0.6) is 0 Å². The third-order valence-corrected chi connectivity index (χ3v) is 3.54. The molecule has 2 unspecified atom stereocenters. The molecular weight excluding hydrogens is 226 g/mol. The number of ether oxygens (including phenoxy) is 1. The molecule has 1 aromatic rings. The fourth-order valence-corrected chi connectivity index (χ4v) is 2.40. The van der Waals surface area contributed by atoms with E-state index in [1.807, 2.05) is 19.1 Å². The summed E-state index contributed by atoms with van der Waals surface area (Å²) >= 11 is 0. The van der Waals surface area contributed by atoms with Crippen molar-refractivity contribution in [2.24, 2.45) is 5.73 Å². The van der Waals surface area contributed by atoms with Gasteiger partial charge in [-0.25, -0.2) is 0 Å². The first-order valence-electron chi connectivity index (χ1n) is 6.73. The molecule has 3 nitrogen and oxygen atoms in total. The van der Waals surface area contributed by atoms with Crippen molar-refractivity contribution in [2.75, 3.05) is 0 Å². The third kappa shape index (κ3) is 3.10. The molecular formula is C15H21NO2. The highest BCUT2D eigenvalue weighted by Gasteiger charge is 2.23. The second kappa shape index (κ2) is 6.01. The molecule has 0 fully saturated rings. The minimum absolute atomic E-state index is 0.0773. The molecule has 0 spiro atoms. The molecule has 2 rings (SSSR count). The molecule has 0 amide bonds. The molecule has 1 aliphatic carbocycles. The van der Waals surface area contributed by atoms with Crippen LogP contribution < -0.4 is 5.73 Å². The molecule has 0 bridgehead atoms. The number of carbonyl (C=O) groups is 1. The van der Waals surface area contributed by atoms with Crippen LogP contribution in [0.4, 0.5) is 0 Å². The number of nitrogens with two attached hydrogens (primary N) is 1. The van der Waals surface area contributed by atoms with Crippen molar-refractivity contribution < 1.29 is 9.53 Å². The van der Waals surface area contributed by atoms with Crippen LogP contribution in [0.1, 0.15) is 49.8 Å². The van der Waals surface area contributed by atoms with E-state index < -0.39 is 0 Å². The fraction of sp³-hybridized carbons (Fsp3) is 0.533. The molecule has 0 heterocycles.